The zero-order chi connectivity index (χ0) is 19.9. The molecule has 1 aromatic rings. The third-order valence-corrected chi connectivity index (χ3v) is 6.43. The van der Waals surface area contributed by atoms with Crippen molar-refractivity contribution in [3.63, 3.8) is 0 Å². The molecule has 0 unspecified atom stereocenters. The summed E-state index contributed by atoms with van der Waals surface area (Å²) < 4.78 is 5.57. The average Bonchev–Trinajstić information content (AvgIpc) is 2.86. The molecule has 0 aromatic heterocycles. The van der Waals surface area contributed by atoms with Gasteiger partial charge in [0.1, 0.15) is 6.10 Å². The van der Waals surface area contributed by atoms with Crippen LogP contribution in [0.2, 0.25) is 0 Å². The Kier molecular flexibility index (Phi) is 4.73. The highest BCUT2D eigenvalue weighted by Gasteiger charge is 2.67. The summed E-state index contributed by atoms with van der Waals surface area (Å²) >= 11 is 0. The van der Waals surface area contributed by atoms with E-state index in [1.807, 2.05) is 0 Å². The van der Waals surface area contributed by atoms with Crippen LogP contribution in [0.25, 0.3) is 0 Å². The van der Waals surface area contributed by atoms with Crippen molar-refractivity contribution in [3.05, 3.63) is 59.7 Å². The molecule has 1 spiro atoms. The van der Waals surface area contributed by atoms with Gasteiger partial charge in [-0.2, -0.15) is 0 Å². The topological polar surface area (TPSA) is 104 Å². The van der Waals surface area contributed by atoms with Crippen molar-refractivity contribution in [1.29, 1.82) is 0 Å². The number of hydrogen-bond acceptors (Lipinski definition) is 6. The van der Waals surface area contributed by atoms with Gasteiger partial charge in [-0.3, -0.25) is 4.79 Å². The van der Waals surface area contributed by atoms with Crippen LogP contribution in [-0.4, -0.2) is 51.5 Å². The molecule has 0 heterocycles. The van der Waals surface area contributed by atoms with Crippen LogP contribution < -0.4 is 0 Å². The van der Waals surface area contributed by atoms with Gasteiger partial charge in [-0.1, -0.05) is 43.2 Å². The van der Waals surface area contributed by atoms with Gasteiger partial charge in [-0.15, -0.1) is 0 Å². The number of aliphatic hydroxyl groups excluding tert-OH is 2. The smallest absolute Gasteiger partial charge is 0.338 e. The van der Waals surface area contributed by atoms with Crippen molar-refractivity contribution in [3.8, 4) is 0 Å². The highest BCUT2D eigenvalue weighted by molar-refractivity contribution is 5.94. The molecule has 3 N–H and O–H groups in total. The maximum Gasteiger partial charge on any atom is 0.338 e. The van der Waals surface area contributed by atoms with E-state index in [0.29, 0.717) is 24.8 Å². The molecule has 0 amide bonds. The third kappa shape index (κ3) is 2.59. The summed E-state index contributed by atoms with van der Waals surface area (Å²) in [5, 5.41) is 32.5. The number of Topliss-reactive ketones (excluding diaryl/α,β-unsaturated/α-hetero) is 1. The molecular formula is C22H24O6. The normalized spacial score (nSPS) is 36.9. The quantitative estimate of drug-likeness (QED) is 0.540. The van der Waals surface area contributed by atoms with Crippen molar-refractivity contribution in [2.24, 2.45) is 11.3 Å². The van der Waals surface area contributed by atoms with Crippen molar-refractivity contribution in [1.82, 2.24) is 0 Å². The Hall–Kier alpha value is -2.28. The number of ketones is 1. The molecular weight excluding hydrogens is 360 g/mol. The molecule has 2 bridgehead atoms. The number of hydrogen-bond donors (Lipinski definition) is 3. The van der Waals surface area contributed by atoms with Crippen LogP contribution in [0, 0.1) is 11.3 Å². The zero-order valence-corrected chi connectivity index (χ0v) is 15.5. The van der Waals surface area contributed by atoms with Crippen molar-refractivity contribution in [2.45, 2.75) is 43.5 Å². The van der Waals surface area contributed by atoms with E-state index < -0.39 is 41.7 Å². The largest absolute Gasteiger partial charge is 0.451 e. The fourth-order valence-electron chi connectivity index (χ4n) is 4.92. The predicted octanol–water partition coefficient (Wildman–Crippen LogP) is 1.55. The lowest BCUT2D eigenvalue weighted by atomic mass is 9.64. The van der Waals surface area contributed by atoms with Crippen LogP contribution >= 0.6 is 0 Å². The van der Waals surface area contributed by atoms with Gasteiger partial charge < -0.3 is 20.1 Å². The minimum Gasteiger partial charge on any atom is -0.451 e. The summed E-state index contributed by atoms with van der Waals surface area (Å²) in [4.78, 5) is 26.0. The van der Waals surface area contributed by atoms with Crippen molar-refractivity contribution >= 4 is 11.8 Å². The number of ether oxygens (including phenoxy) is 1. The maximum atomic E-state index is 13.4. The zero-order valence-electron chi connectivity index (χ0n) is 15.5. The molecule has 5 atom stereocenters. The molecule has 28 heavy (non-hydrogen) atoms. The third-order valence-electron chi connectivity index (χ3n) is 6.43. The standard InChI is InChI=1S/C22H24O6/c23-13-16-12-15-8-4-5-10-21(18(15)24)11-9-17(22(21,27)19(16)25)28-20(26)14-6-2-1-3-7-14/h1-3,6-7,9,11-12,15,17,19,23,25,27H,4-5,8,10,13H2/t15-,17+,19-,21-,22-/m1/s1. The van der Waals surface area contributed by atoms with Crippen LogP contribution in [0.3, 0.4) is 0 Å². The van der Waals surface area contributed by atoms with Gasteiger partial charge in [0.25, 0.3) is 0 Å². The number of carbonyl (C=O) groups excluding carboxylic acids is 2. The first-order valence-corrected chi connectivity index (χ1v) is 9.65. The van der Waals surface area contributed by atoms with Gasteiger partial charge in [-0.05, 0) is 36.6 Å². The van der Waals surface area contributed by atoms with Crippen molar-refractivity contribution in [2.75, 3.05) is 6.61 Å². The number of allylic oxidation sites excluding steroid dienone is 1. The number of carbonyl (C=O) groups is 2. The Morgan fingerprint density at radius 3 is 2.68 bits per heavy atom. The Morgan fingerprint density at radius 2 is 1.96 bits per heavy atom. The minimum absolute atomic E-state index is 0.189. The monoisotopic (exact) mass is 384 g/mol. The summed E-state index contributed by atoms with van der Waals surface area (Å²) in [6.07, 6.45) is 4.46. The fraction of sp³-hybridized carbons (Fsp3) is 0.455. The molecule has 148 valence electrons. The van der Waals surface area contributed by atoms with Gasteiger partial charge in [0.05, 0.1) is 17.6 Å². The number of fused-ring (bicyclic) bond motifs is 1. The lowest BCUT2D eigenvalue weighted by molar-refractivity contribution is -0.180. The van der Waals surface area contributed by atoms with Crippen LogP contribution in [0.4, 0.5) is 0 Å². The van der Waals surface area contributed by atoms with Gasteiger partial charge >= 0.3 is 5.97 Å². The molecule has 3 aliphatic carbocycles. The SMILES string of the molecule is O=C(O[C@H]1C=C[C@@]23CCCC[C@H](C=C(CO)[C@@H](O)[C@]12O)C3=O)c1ccccc1. The number of aliphatic hydroxyl groups is 3. The van der Waals surface area contributed by atoms with E-state index in [-0.39, 0.29) is 11.4 Å². The van der Waals surface area contributed by atoms with Crippen LogP contribution in [-0.2, 0) is 9.53 Å². The van der Waals surface area contributed by atoms with E-state index in [0.717, 1.165) is 6.42 Å². The second kappa shape index (κ2) is 6.95. The first-order valence-electron chi connectivity index (χ1n) is 9.65. The molecule has 0 saturated heterocycles. The summed E-state index contributed by atoms with van der Waals surface area (Å²) in [7, 11) is 0. The lowest BCUT2D eigenvalue weighted by Crippen LogP contribution is -2.63. The van der Waals surface area contributed by atoms with E-state index in [1.54, 1.807) is 42.5 Å². The molecule has 6 nitrogen and oxygen atoms in total. The fourth-order valence-corrected chi connectivity index (χ4v) is 4.92. The molecule has 0 radical (unpaired) electrons. The molecule has 4 rings (SSSR count). The van der Waals surface area contributed by atoms with Crippen LogP contribution in [0.5, 0.6) is 0 Å². The van der Waals surface area contributed by atoms with Gasteiger partial charge in [0.2, 0.25) is 0 Å². The van der Waals surface area contributed by atoms with E-state index in [2.05, 4.69) is 0 Å². The van der Waals surface area contributed by atoms with E-state index in [1.165, 1.54) is 6.08 Å². The second-order valence-electron chi connectivity index (χ2n) is 7.87. The van der Waals surface area contributed by atoms with Gasteiger partial charge in [-0.25, -0.2) is 4.79 Å². The molecule has 1 aromatic carbocycles. The summed E-state index contributed by atoms with van der Waals surface area (Å²) in [5.41, 5.74) is -2.90. The van der Waals surface area contributed by atoms with Crippen molar-refractivity contribution < 1.29 is 29.6 Å². The lowest BCUT2D eigenvalue weighted by Gasteiger charge is -2.45. The van der Waals surface area contributed by atoms with Gasteiger partial charge in [0.15, 0.2) is 17.5 Å². The minimum atomic E-state index is -2.05. The Morgan fingerprint density at radius 1 is 1.21 bits per heavy atom. The Labute approximate surface area is 163 Å². The average molecular weight is 384 g/mol. The van der Waals surface area contributed by atoms with E-state index in [9.17, 15) is 24.9 Å². The maximum absolute atomic E-state index is 13.4. The van der Waals surface area contributed by atoms with E-state index in [4.69, 9.17) is 4.74 Å². The van der Waals surface area contributed by atoms with E-state index >= 15 is 0 Å². The number of benzene rings is 1. The Bertz CT molecular complexity index is 844. The number of esters is 1. The summed E-state index contributed by atoms with van der Waals surface area (Å²) in [6, 6.07) is 8.35. The molecule has 1 saturated carbocycles. The highest BCUT2D eigenvalue weighted by Crippen LogP contribution is 2.55. The first kappa shape index (κ1) is 19.1. The summed E-state index contributed by atoms with van der Waals surface area (Å²) in [6.45, 7) is -0.483. The first-order chi connectivity index (χ1) is 13.4. The number of rotatable bonds is 3. The highest BCUT2D eigenvalue weighted by atomic mass is 16.6. The van der Waals surface area contributed by atoms with Crippen LogP contribution in [0.15, 0.2) is 54.1 Å². The molecule has 0 aliphatic heterocycles. The summed E-state index contributed by atoms with van der Waals surface area (Å²) in [5.74, 6) is -1.32. The van der Waals surface area contributed by atoms with Gasteiger partial charge in [0, 0.05) is 5.92 Å². The molecule has 3 aliphatic rings. The second-order valence-corrected chi connectivity index (χ2v) is 7.87. The molecule has 1 fully saturated rings. The predicted molar refractivity (Wildman–Crippen MR) is 100 cm³/mol. The van der Waals surface area contributed by atoms with Crippen LogP contribution in [0.1, 0.15) is 36.0 Å². The molecule has 6 heteroatoms. The Balaban J connectivity index is 1.76.